The number of H-pyrrole nitrogens is 1. The summed E-state index contributed by atoms with van der Waals surface area (Å²) in [6, 6.07) is 11.4. The number of alkyl halides is 3. The molecule has 0 aliphatic carbocycles. The molecule has 1 atom stereocenters. The number of anilines is 1. The second kappa shape index (κ2) is 11.1. The molecule has 4 heterocycles. The third-order valence-corrected chi connectivity index (χ3v) is 8.19. The Morgan fingerprint density at radius 2 is 1.74 bits per heavy atom. The maximum absolute atomic E-state index is 14.5. The van der Waals surface area contributed by atoms with E-state index in [0.717, 1.165) is 67.9 Å². The lowest BCUT2D eigenvalue weighted by molar-refractivity contribution is -0.266. The van der Waals surface area contributed by atoms with Gasteiger partial charge in [-0.2, -0.15) is 13.2 Å². The lowest BCUT2D eigenvalue weighted by atomic mass is 9.73. The fourth-order valence-corrected chi connectivity index (χ4v) is 5.99. The first-order chi connectivity index (χ1) is 18.5. The van der Waals surface area contributed by atoms with Crippen LogP contribution in [0.1, 0.15) is 56.4 Å². The molecule has 2 fully saturated rings. The summed E-state index contributed by atoms with van der Waals surface area (Å²) in [5.41, 5.74) is -0.973. The zero-order chi connectivity index (χ0) is 27.7. The number of aliphatic hydroxyl groups is 1. The van der Waals surface area contributed by atoms with Crippen LogP contribution in [0.5, 0.6) is 0 Å². The van der Waals surface area contributed by atoms with Crippen molar-refractivity contribution in [3.8, 4) is 0 Å². The van der Waals surface area contributed by atoms with Gasteiger partial charge in [-0.15, -0.1) is 0 Å². The zero-order valence-corrected chi connectivity index (χ0v) is 22.9. The van der Waals surface area contributed by atoms with Crippen LogP contribution in [0, 0.1) is 0 Å². The smallest absolute Gasteiger partial charge is 0.380 e. The molecule has 2 aliphatic heterocycles. The van der Waals surface area contributed by atoms with E-state index in [0.29, 0.717) is 24.4 Å². The Morgan fingerprint density at radius 1 is 1.00 bits per heavy atom. The van der Waals surface area contributed by atoms with Crippen molar-refractivity contribution in [2.45, 2.75) is 69.7 Å². The first kappa shape index (κ1) is 27.9. The second-order valence-corrected chi connectivity index (χ2v) is 11.8. The zero-order valence-electron chi connectivity index (χ0n) is 22.9. The van der Waals surface area contributed by atoms with E-state index in [4.69, 9.17) is 4.74 Å². The Morgan fingerprint density at radius 3 is 2.46 bits per heavy atom. The van der Waals surface area contributed by atoms with Crippen LogP contribution in [0.2, 0.25) is 0 Å². The van der Waals surface area contributed by atoms with Gasteiger partial charge in [0.15, 0.2) is 5.60 Å². The van der Waals surface area contributed by atoms with Gasteiger partial charge in [-0.1, -0.05) is 38.1 Å². The molecule has 2 saturated heterocycles. The summed E-state index contributed by atoms with van der Waals surface area (Å²) >= 11 is 0. The van der Waals surface area contributed by atoms with Crippen molar-refractivity contribution >= 4 is 16.7 Å². The molecule has 2 N–H and O–H groups in total. The van der Waals surface area contributed by atoms with Crippen molar-refractivity contribution < 1.29 is 23.0 Å². The number of hydrogen-bond acceptors (Lipinski definition) is 5. The largest absolute Gasteiger partial charge is 0.417 e. The lowest BCUT2D eigenvalue weighted by Crippen LogP contribution is -2.50. The number of aromatic amines is 1. The van der Waals surface area contributed by atoms with Crippen molar-refractivity contribution in [3.63, 3.8) is 0 Å². The summed E-state index contributed by atoms with van der Waals surface area (Å²) in [5.74, 6) is 0.844. The summed E-state index contributed by atoms with van der Waals surface area (Å²) in [7, 11) is 0. The first-order valence-electron chi connectivity index (χ1n) is 13.9. The van der Waals surface area contributed by atoms with E-state index in [9.17, 15) is 18.3 Å². The third kappa shape index (κ3) is 6.42. The van der Waals surface area contributed by atoms with Gasteiger partial charge in [0, 0.05) is 50.2 Å². The minimum atomic E-state index is -4.80. The quantitative estimate of drug-likeness (QED) is 0.387. The number of piperidine rings is 1. The van der Waals surface area contributed by atoms with Crippen molar-refractivity contribution in [2.75, 3.05) is 44.3 Å². The molecule has 1 unspecified atom stereocenters. The highest BCUT2D eigenvalue weighted by molar-refractivity contribution is 5.82. The molecule has 0 amide bonds. The minimum absolute atomic E-state index is 0.347. The maximum Gasteiger partial charge on any atom is 0.417 e. The minimum Gasteiger partial charge on any atom is -0.380 e. The van der Waals surface area contributed by atoms with E-state index >= 15 is 0 Å². The standard InChI is InChI=1S/C30H39F3N4O2/c1-28(2,24-8-6-7-22(15-24)20-36-11-13-39-14-12-36)21-29(38,30(31,32)33)18-25-16-23-17-27(34-19-26(23)35-25)37-9-4-3-5-10-37/h6-8,15-17,19,35,38H,3-5,9-14,18,20-21H2,1-2H3. The normalized spacial score (nSPS) is 19.4. The molecule has 0 saturated carbocycles. The maximum atomic E-state index is 14.5. The van der Waals surface area contributed by atoms with Crippen LogP contribution in [0.4, 0.5) is 19.0 Å². The SMILES string of the molecule is CC(C)(CC(O)(Cc1cc2cc(N3CCCCC3)ncc2[nH]1)C(F)(F)F)c1cccc(CN2CCOCC2)c1. The molecular weight excluding hydrogens is 505 g/mol. The molecule has 2 aromatic heterocycles. The summed E-state index contributed by atoms with van der Waals surface area (Å²) in [5, 5.41) is 12.0. The van der Waals surface area contributed by atoms with Gasteiger partial charge in [-0.3, -0.25) is 4.90 Å². The van der Waals surface area contributed by atoms with Crippen molar-refractivity contribution in [1.29, 1.82) is 0 Å². The van der Waals surface area contributed by atoms with E-state index in [1.54, 1.807) is 26.1 Å². The fourth-order valence-electron chi connectivity index (χ4n) is 5.99. The molecule has 0 radical (unpaired) electrons. The molecular formula is C30H39F3N4O2. The number of nitrogens with zero attached hydrogens (tertiary/aromatic N) is 3. The summed E-state index contributed by atoms with van der Waals surface area (Å²) in [6.45, 7) is 9.19. The van der Waals surface area contributed by atoms with E-state index in [1.165, 1.54) is 6.42 Å². The average molecular weight is 545 g/mol. The number of hydrogen-bond donors (Lipinski definition) is 2. The molecule has 2 aliphatic rings. The predicted octanol–water partition coefficient (Wildman–Crippen LogP) is 5.59. The number of ether oxygens (including phenoxy) is 1. The molecule has 5 rings (SSSR count). The number of aromatic nitrogens is 2. The highest BCUT2D eigenvalue weighted by atomic mass is 19.4. The van der Waals surface area contributed by atoms with Crippen molar-refractivity contribution in [3.05, 3.63) is 59.4 Å². The molecule has 1 aromatic carbocycles. The van der Waals surface area contributed by atoms with Gasteiger partial charge < -0.3 is 19.7 Å². The average Bonchev–Trinajstić information content (AvgIpc) is 3.30. The Kier molecular flexibility index (Phi) is 7.95. The van der Waals surface area contributed by atoms with Gasteiger partial charge in [0.1, 0.15) is 5.82 Å². The van der Waals surface area contributed by atoms with Crippen LogP contribution in [-0.2, 0) is 23.1 Å². The monoisotopic (exact) mass is 544 g/mol. The van der Waals surface area contributed by atoms with E-state index < -0.39 is 30.0 Å². The molecule has 6 nitrogen and oxygen atoms in total. The number of nitrogens with one attached hydrogen (secondary N) is 1. The van der Waals surface area contributed by atoms with E-state index in [1.807, 2.05) is 30.3 Å². The van der Waals surface area contributed by atoms with Crippen LogP contribution < -0.4 is 4.90 Å². The van der Waals surface area contributed by atoms with Crippen LogP contribution in [0.15, 0.2) is 42.6 Å². The van der Waals surface area contributed by atoms with Crippen molar-refractivity contribution in [2.24, 2.45) is 0 Å². The summed E-state index contributed by atoms with van der Waals surface area (Å²) in [4.78, 5) is 12.1. The number of halogens is 3. The molecule has 212 valence electrons. The molecule has 9 heteroatoms. The number of fused-ring (bicyclic) bond motifs is 1. The van der Waals surface area contributed by atoms with Gasteiger partial charge in [0.25, 0.3) is 0 Å². The topological polar surface area (TPSA) is 64.6 Å². The van der Waals surface area contributed by atoms with Crippen LogP contribution in [0.25, 0.3) is 10.9 Å². The second-order valence-electron chi connectivity index (χ2n) is 11.8. The van der Waals surface area contributed by atoms with Gasteiger partial charge in [0.2, 0.25) is 0 Å². The fraction of sp³-hybridized carbons (Fsp3) is 0.567. The number of morpholine rings is 1. The van der Waals surface area contributed by atoms with Crippen LogP contribution in [-0.4, -0.2) is 71.1 Å². The van der Waals surface area contributed by atoms with Crippen LogP contribution >= 0.6 is 0 Å². The number of pyridine rings is 1. The Hall–Kier alpha value is -2.62. The first-order valence-corrected chi connectivity index (χ1v) is 13.9. The molecule has 39 heavy (non-hydrogen) atoms. The number of rotatable bonds is 8. The van der Waals surface area contributed by atoms with Gasteiger partial charge in [-0.25, -0.2) is 4.98 Å². The predicted molar refractivity (Wildman–Crippen MR) is 147 cm³/mol. The highest BCUT2D eigenvalue weighted by Crippen LogP contribution is 2.43. The highest BCUT2D eigenvalue weighted by Gasteiger charge is 2.56. The van der Waals surface area contributed by atoms with E-state index in [2.05, 4.69) is 19.8 Å². The Balaban J connectivity index is 1.35. The molecule has 0 bridgehead atoms. The van der Waals surface area contributed by atoms with Gasteiger partial charge in [-0.05, 0) is 54.4 Å². The van der Waals surface area contributed by atoms with Crippen molar-refractivity contribution in [1.82, 2.24) is 14.9 Å². The van der Waals surface area contributed by atoms with E-state index in [-0.39, 0.29) is 0 Å². The van der Waals surface area contributed by atoms with Crippen LogP contribution in [0.3, 0.4) is 0 Å². The lowest BCUT2D eigenvalue weighted by Gasteiger charge is -2.38. The molecule has 0 spiro atoms. The summed E-state index contributed by atoms with van der Waals surface area (Å²) < 4.78 is 48.9. The van der Waals surface area contributed by atoms with Gasteiger partial charge >= 0.3 is 6.18 Å². The molecule has 3 aromatic rings. The Labute approximate surface area is 228 Å². The summed E-state index contributed by atoms with van der Waals surface area (Å²) in [6.07, 6.45) is -0.704. The van der Waals surface area contributed by atoms with Gasteiger partial charge in [0.05, 0.1) is 24.9 Å². The Bertz CT molecular complexity index is 1260. The third-order valence-electron chi connectivity index (χ3n) is 8.19. The number of benzene rings is 1.